The van der Waals surface area contributed by atoms with Crippen LogP contribution in [0.2, 0.25) is 0 Å². The van der Waals surface area contributed by atoms with Gasteiger partial charge >= 0.3 is 5.97 Å². The number of sulfonamides is 1. The Morgan fingerprint density at radius 2 is 1.92 bits per heavy atom. The maximum atomic E-state index is 13.2. The van der Waals surface area contributed by atoms with Gasteiger partial charge in [0.05, 0.1) is 42.2 Å². The third-order valence-corrected chi connectivity index (χ3v) is 9.67. The van der Waals surface area contributed by atoms with E-state index in [-0.39, 0.29) is 22.5 Å². The van der Waals surface area contributed by atoms with Crippen LogP contribution in [0, 0.1) is 13.8 Å². The molecule has 1 fully saturated rings. The van der Waals surface area contributed by atoms with Gasteiger partial charge in [-0.25, -0.2) is 13.2 Å². The molecule has 1 saturated heterocycles. The number of ketones is 1. The Balaban J connectivity index is 1.61. The molecule has 13 heteroatoms. The normalized spacial score (nSPS) is 15.3. The second-order valence-corrected chi connectivity index (χ2v) is 12.2. The molecule has 210 valence electrons. The van der Waals surface area contributed by atoms with Gasteiger partial charge in [-0.1, -0.05) is 30.8 Å². The van der Waals surface area contributed by atoms with Crippen molar-refractivity contribution < 1.29 is 27.5 Å². The highest BCUT2D eigenvalue weighted by Crippen LogP contribution is 2.31. The van der Waals surface area contributed by atoms with Gasteiger partial charge in [-0.2, -0.15) is 4.31 Å². The molecule has 0 spiro atoms. The summed E-state index contributed by atoms with van der Waals surface area (Å²) in [6, 6.07) is 6.69. The molecule has 3 heterocycles. The van der Waals surface area contributed by atoms with Crippen LogP contribution >= 0.6 is 11.8 Å². The summed E-state index contributed by atoms with van der Waals surface area (Å²) in [6.07, 6.45) is 0.774. The molecule has 4 rings (SSSR count). The first kappa shape index (κ1) is 29.0. The van der Waals surface area contributed by atoms with Crippen LogP contribution in [-0.4, -0.2) is 83.4 Å². The smallest absolute Gasteiger partial charge is 0.339 e. The van der Waals surface area contributed by atoms with Crippen LogP contribution in [0.5, 0.6) is 0 Å². The van der Waals surface area contributed by atoms with E-state index in [0.717, 1.165) is 6.42 Å². The van der Waals surface area contributed by atoms with Crippen LogP contribution in [0.1, 0.15) is 58.4 Å². The van der Waals surface area contributed by atoms with Gasteiger partial charge in [0.2, 0.25) is 10.0 Å². The zero-order valence-corrected chi connectivity index (χ0v) is 24.3. The van der Waals surface area contributed by atoms with E-state index in [2.05, 4.69) is 15.2 Å². The summed E-state index contributed by atoms with van der Waals surface area (Å²) in [5.41, 5.74) is 2.46. The lowest BCUT2D eigenvalue weighted by Gasteiger charge is -2.26. The maximum Gasteiger partial charge on any atom is 0.339 e. The molecule has 1 N–H and O–H groups in total. The van der Waals surface area contributed by atoms with E-state index < -0.39 is 16.0 Å². The third-order valence-electron chi connectivity index (χ3n) is 6.83. The molecule has 1 aliphatic heterocycles. The summed E-state index contributed by atoms with van der Waals surface area (Å²) >= 11 is 1.24. The van der Waals surface area contributed by atoms with Gasteiger partial charge in [0, 0.05) is 30.4 Å². The predicted molar refractivity (Wildman–Crippen MR) is 147 cm³/mol. The lowest BCUT2D eigenvalue weighted by atomic mass is 10.1. The molecule has 0 unspecified atom stereocenters. The highest BCUT2D eigenvalue weighted by atomic mass is 32.2. The number of morpholine rings is 1. The fourth-order valence-corrected chi connectivity index (χ4v) is 6.89. The van der Waals surface area contributed by atoms with E-state index in [0.29, 0.717) is 65.4 Å². The van der Waals surface area contributed by atoms with Gasteiger partial charge in [0.1, 0.15) is 0 Å². The maximum absolute atomic E-state index is 13.2. The molecule has 0 amide bonds. The summed E-state index contributed by atoms with van der Waals surface area (Å²) < 4.78 is 40.0. The average Bonchev–Trinajstić information content (AvgIpc) is 3.51. The second-order valence-electron chi connectivity index (χ2n) is 9.31. The number of nitrogens with zero attached hydrogens (tertiary/aromatic N) is 4. The molecule has 11 nitrogen and oxygen atoms in total. The first-order valence-electron chi connectivity index (χ1n) is 12.7. The lowest BCUT2D eigenvalue weighted by molar-refractivity contribution is 0.0599. The zero-order chi connectivity index (χ0) is 28.3. The van der Waals surface area contributed by atoms with Gasteiger partial charge in [0.15, 0.2) is 16.8 Å². The fourth-order valence-electron chi connectivity index (χ4n) is 4.52. The number of carbonyl (C=O) groups excluding carboxylic acids is 2. The number of aryl methyl sites for hydroxylation is 1. The van der Waals surface area contributed by atoms with Gasteiger partial charge in [-0.15, -0.1) is 10.2 Å². The first-order valence-corrected chi connectivity index (χ1v) is 15.1. The van der Waals surface area contributed by atoms with E-state index in [4.69, 9.17) is 9.47 Å². The van der Waals surface area contributed by atoms with E-state index in [1.54, 1.807) is 38.1 Å². The summed E-state index contributed by atoms with van der Waals surface area (Å²) in [7, 11) is -2.38. The van der Waals surface area contributed by atoms with Crippen molar-refractivity contribution in [1.29, 1.82) is 0 Å². The SMILES string of the molecule is CC[C@H](C)n1c(SCC(=O)c2[nH]c(C)c(C(=O)OC)c2C)nnc1-c1cccc(S(=O)(=O)N2CCOCC2)c1. The number of methoxy groups -OCH3 is 1. The number of hydrogen-bond donors (Lipinski definition) is 1. The Kier molecular flexibility index (Phi) is 8.94. The minimum absolute atomic E-state index is 0.00694. The topological polar surface area (TPSA) is 136 Å². The fraction of sp³-hybridized carbons (Fsp3) is 0.462. The highest BCUT2D eigenvalue weighted by Gasteiger charge is 2.28. The molecule has 1 atom stereocenters. The molecule has 0 aliphatic carbocycles. The molecule has 39 heavy (non-hydrogen) atoms. The number of aromatic amines is 1. The van der Waals surface area contributed by atoms with Gasteiger partial charge in [-0.05, 0) is 44.9 Å². The number of ether oxygens (including phenoxy) is 2. The Hall–Kier alpha value is -3.00. The van der Waals surface area contributed by atoms with E-state index >= 15 is 0 Å². The quantitative estimate of drug-likeness (QED) is 0.218. The molecular weight excluding hydrogens is 542 g/mol. The Morgan fingerprint density at radius 3 is 2.59 bits per heavy atom. The largest absolute Gasteiger partial charge is 0.465 e. The second kappa shape index (κ2) is 12.0. The number of benzene rings is 1. The standard InChI is InChI=1S/C26H33N5O6S2/c1-6-16(2)31-24(19-8-7-9-20(14-19)39(34,35)30-10-12-37-13-11-30)28-29-26(31)38-15-21(32)23-17(3)22(18(4)27-23)25(33)36-5/h7-9,14,16,27H,6,10-13,15H2,1-5H3/t16-/m0/s1. The van der Waals surface area contributed by atoms with Crippen molar-refractivity contribution in [3.05, 3.63) is 46.8 Å². The minimum Gasteiger partial charge on any atom is -0.465 e. The molecular formula is C26H33N5O6S2. The molecule has 0 saturated carbocycles. The van der Waals surface area contributed by atoms with Crippen molar-refractivity contribution in [3.8, 4) is 11.4 Å². The van der Waals surface area contributed by atoms with Crippen molar-refractivity contribution in [1.82, 2.24) is 24.1 Å². The van der Waals surface area contributed by atoms with Crippen molar-refractivity contribution >= 4 is 33.5 Å². The van der Waals surface area contributed by atoms with E-state index in [1.165, 1.54) is 23.2 Å². The van der Waals surface area contributed by atoms with Crippen LogP contribution in [-0.2, 0) is 19.5 Å². The molecule has 3 aromatic rings. The summed E-state index contributed by atoms with van der Waals surface area (Å²) in [4.78, 5) is 28.4. The van der Waals surface area contributed by atoms with Gasteiger partial charge in [-0.3, -0.25) is 9.36 Å². The zero-order valence-electron chi connectivity index (χ0n) is 22.7. The summed E-state index contributed by atoms with van der Waals surface area (Å²) in [5, 5.41) is 9.30. The first-order chi connectivity index (χ1) is 18.6. The van der Waals surface area contributed by atoms with Gasteiger partial charge < -0.3 is 14.5 Å². The van der Waals surface area contributed by atoms with Crippen LogP contribution in [0.3, 0.4) is 0 Å². The van der Waals surface area contributed by atoms with Crippen LogP contribution < -0.4 is 0 Å². The number of aromatic nitrogens is 4. The van der Waals surface area contributed by atoms with Crippen LogP contribution in [0.4, 0.5) is 0 Å². The van der Waals surface area contributed by atoms with Crippen molar-refractivity contribution in [3.63, 3.8) is 0 Å². The molecule has 1 aliphatic rings. The Labute approximate surface area is 232 Å². The van der Waals surface area contributed by atoms with Gasteiger partial charge in [0.25, 0.3) is 0 Å². The number of thioether (sulfide) groups is 1. The summed E-state index contributed by atoms with van der Waals surface area (Å²) in [6.45, 7) is 8.85. The summed E-state index contributed by atoms with van der Waals surface area (Å²) in [5.74, 6) is -0.0821. The molecule has 1 aromatic carbocycles. The van der Waals surface area contributed by atoms with Crippen molar-refractivity contribution in [2.24, 2.45) is 0 Å². The van der Waals surface area contributed by atoms with Crippen LogP contribution in [0.25, 0.3) is 11.4 Å². The third kappa shape index (κ3) is 5.81. The average molecular weight is 576 g/mol. The molecule has 0 bridgehead atoms. The van der Waals surface area contributed by atoms with E-state index in [9.17, 15) is 18.0 Å². The van der Waals surface area contributed by atoms with Crippen molar-refractivity contribution in [2.45, 2.75) is 50.2 Å². The number of Topliss-reactive ketones (excluding diaryl/α,β-unsaturated/α-hetero) is 1. The molecule has 2 aromatic heterocycles. The monoisotopic (exact) mass is 575 g/mol. The Morgan fingerprint density at radius 1 is 1.21 bits per heavy atom. The number of carbonyl (C=O) groups is 2. The van der Waals surface area contributed by atoms with E-state index in [1.807, 2.05) is 18.4 Å². The number of rotatable bonds is 10. The number of esters is 1. The number of hydrogen-bond acceptors (Lipinski definition) is 9. The number of nitrogens with one attached hydrogen (secondary N) is 1. The van der Waals surface area contributed by atoms with Crippen LogP contribution in [0.15, 0.2) is 34.3 Å². The predicted octanol–water partition coefficient (Wildman–Crippen LogP) is 3.64. The minimum atomic E-state index is -3.68. The highest BCUT2D eigenvalue weighted by molar-refractivity contribution is 7.99. The lowest BCUT2D eigenvalue weighted by Crippen LogP contribution is -2.40. The molecule has 0 radical (unpaired) electrons. The Bertz CT molecular complexity index is 1470. The van der Waals surface area contributed by atoms with Crippen molar-refractivity contribution in [2.75, 3.05) is 39.2 Å². The number of H-pyrrole nitrogens is 1.